The van der Waals surface area contributed by atoms with E-state index in [0.717, 1.165) is 52.7 Å². The zero-order valence-corrected chi connectivity index (χ0v) is 18.2. The molecule has 3 aliphatic rings. The molecule has 3 fully saturated rings. The van der Waals surface area contributed by atoms with E-state index >= 15 is 0 Å². The van der Waals surface area contributed by atoms with Crippen LogP contribution in [0.15, 0.2) is 0 Å². The molecule has 3 aliphatic heterocycles. The Morgan fingerprint density at radius 1 is 0.577 bits per heavy atom. The van der Waals surface area contributed by atoms with Crippen LogP contribution in [-0.2, 0) is 14.2 Å². The fourth-order valence-electron chi connectivity index (χ4n) is 2.89. The molecule has 4 atom stereocenters. The summed E-state index contributed by atoms with van der Waals surface area (Å²) < 4.78 is 15.8. The minimum Gasteiger partial charge on any atom is -0.380 e. The van der Waals surface area contributed by atoms with Crippen LogP contribution in [0.5, 0.6) is 0 Å². The molecule has 6 nitrogen and oxygen atoms in total. The lowest BCUT2D eigenvalue weighted by molar-refractivity contribution is -0.0227. The van der Waals surface area contributed by atoms with Gasteiger partial charge in [0, 0.05) is 43.9 Å². The maximum Gasteiger partial charge on any atom is 0.0619 e. The van der Waals surface area contributed by atoms with Gasteiger partial charge < -0.3 is 19.1 Å². The first-order chi connectivity index (χ1) is 12.3. The van der Waals surface area contributed by atoms with Crippen molar-refractivity contribution in [3.8, 4) is 0 Å². The van der Waals surface area contributed by atoms with Crippen molar-refractivity contribution in [2.75, 3.05) is 73.9 Å². The summed E-state index contributed by atoms with van der Waals surface area (Å²) >= 11 is 0. The molecular weight excluding hydrogens is 330 g/mol. The monoisotopic (exact) mass is 373 g/mol. The highest BCUT2D eigenvalue weighted by Crippen LogP contribution is 2.08. The molecule has 0 aromatic rings. The summed E-state index contributed by atoms with van der Waals surface area (Å²) in [6.07, 6.45) is 1.18. The van der Waals surface area contributed by atoms with E-state index in [0.29, 0.717) is 24.2 Å². The number of rotatable bonds is 0. The molecule has 3 rings (SSSR count). The molecule has 0 radical (unpaired) electrons. The minimum absolute atomic E-state index is 0.591. The molecule has 0 bridgehead atoms. The molecule has 0 aromatic carbocycles. The highest BCUT2D eigenvalue weighted by molar-refractivity contribution is 4.73. The summed E-state index contributed by atoms with van der Waals surface area (Å²) in [5, 5.41) is 0. The summed E-state index contributed by atoms with van der Waals surface area (Å²) in [6.45, 7) is 16.4. The van der Waals surface area contributed by atoms with Crippen molar-refractivity contribution in [1.29, 1.82) is 0 Å². The third kappa shape index (κ3) is 9.11. The molecular formula is C20H43N3O3. The van der Waals surface area contributed by atoms with Crippen molar-refractivity contribution in [3.63, 3.8) is 0 Å². The van der Waals surface area contributed by atoms with E-state index in [4.69, 9.17) is 14.2 Å². The van der Waals surface area contributed by atoms with E-state index < -0.39 is 0 Å². The Labute approximate surface area is 161 Å². The maximum atomic E-state index is 5.32. The first-order valence-electron chi connectivity index (χ1n) is 10.2. The number of nitrogens with zero attached hydrogens (tertiary/aromatic N) is 3. The number of morpholine rings is 2. The summed E-state index contributed by atoms with van der Waals surface area (Å²) in [6, 6.07) is 2.50. The van der Waals surface area contributed by atoms with Gasteiger partial charge in [-0.05, 0) is 55.3 Å². The first kappa shape index (κ1) is 23.8. The van der Waals surface area contributed by atoms with Gasteiger partial charge in [-0.25, -0.2) is 0 Å². The van der Waals surface area contributed by atoms with Gasteiger partial charge in [0.1, 0.15) is 0 Å². The molecule has 0 amide bonds. The predicted octanol–water partition coefficient (Wildman–Crippen LogP) is 1.79. The van der Waals surface area contributed by atoms with Crippen molar-refractivity contribution in [2.24, 2.45) is 0 Å². The predicted molar refractivity (Wildman–Crippen MR) is 108 cm³/mol. The second kappa shape index (κ2) is 13.0. The van der Waals surface area contributed by atoms with Crippen molar-refractivity contribution < 1.29 is 14.2 Å². The fraction of sp³-hybridized carbons (Fsp3) is 1.00. The molecule has 26 heavy (non-hydrogen) atoms. The molecule has 0 N–H and O–H groups in total. The van der Waals surface area contributed by atoms with Crippen LogP contribution in [0.25, 0.3) is 0 Å². The molecule has 6 heteroatoms. The Balaban J connectivity index is 0.000000195. The van der Waals surface area contributed by atoms with E-state index in [1.165, 1.54) is 6.42 Å². The Morgan fingerprint density at radius 3 is 1.54 bits per heavy atom. The van der Waals surface area contributed by atoms with Crippen LogP contribution in [-0.4, -0.2) is 113 Å². The van der Waals surface area contributed by atoms with Crippen molar-refractivity contribution in [3.05, 3.63) is 0 Å². The van der Waals surface area contributed by atoms with Gasteiger partial charge in [0.05, 0.1) is 33.0 Å². The SMILES string of the molecule is CC1COC[C@H](C)N1C.C[C@H]1CCOCCN1C.C[C@H]1COCCN1C. The molecule has 1 unspecified atom stereocenters. The molecule has 156 valence electrons. The second-order valence-corrected chi connectivity index (χ2v) is 8.04. The van der Waals surface area contributed by atoms with E-state index in [9.17, 15) is 0 Å². The molecule has 0 aromatic heterocycles. The number of likely N-dealkylation sites (N-methyl/N-ethyl adjacent to an activating group) is 3. The van der Waals surface area contributed by atoms with E-state index in [1.54, 1.807) is 0 Å². The van der Waals surface area contributed by atoms with Crippen LogP contribution < -0.4 is 0 Å². The molecule has 3 saturated heterocycles. The van der Waals surface area contributed by atoms with Crippen LogP contribution in [0.1, 0.15) is 34.1 Å². The van der Waals surface area contributed by atoms with Crippen LogP contribution in [0.2, 0.25) is 0 Å². The highest BCUT2D eigenvalue weighted by atomic mass is 16.5. The highest BCUT2D eigenvalue weighted by Gasteiger charge is 2.20. The van der Waals surface area contributed by atoms with Crippen molar-refractivity contribution >= 4 is 0 Å². The molecule has 0 aliphatic carbocycles. The molecule has 0 saturated carbocycles. The van der Waals surface area contributed by atoms with Crippen LogP contribution in [0, 0.1) is 0 Å². The van der Waals surface area contributed by atoms with E-state index in [2.05, 4.69) is 63.5 Å². The summed E-state index contributed by atoms with van der Waals surface area (Å²) in [4.78, 5) is 7.00. The van der Waals surface area contributed by atoms with Crippen LogP contribution >= 0.6 is 0 Å². The lowest BCUT2D eigenvalue weighted by atomic mass is 10.2. The Kier molecular flexibility index (Phi) is 11.9. The Bertz CT molecular complexity index is 329. The fourth-order valence-corrected chi connectivity index (χ4v) is 2.89. The molecule has 3 heterocycles. The zero-order chi connectivity index (χ0) is 19.5. The van der Waals surface area contributed by atoms with Gasteiger partial charge in [0.2, 0.25) is 0 Å². The van der Waals surface area contributed by atoms with Gasteiger partial charge in [-0.3, -0.25) is 9.80 Å². The normalized spacial score (nSPS) is 34.7. The molecule has 0 spiro atoms. The van der Waals surface area contributed by atoms with E-state index in [-0.39, 0.29) is 0 Å². The smallest absolute Gasteiger partial charge is 0.0619 e. The van der Waals surface area contributed by atoms with Crippen LogP contribution in [0.4, 0.5) is 0 Å². The average molecular weight is 374 g/mol. The van der Waals surface area contributed by atoms with E-state index in [1.807, 2.05) is 0 Å². The standard InChI is InChI=1S/2C7H15NO.C6H13NO/c1-6-4-9-5-7(2)8(6)3;1-7-3-5-9-6-4-8(7)2;1-6-5-8-4-3-7(6)2/h6-7H,4-5H2,1-3H3;7H,3-6H2,1-2H3;6H,3-5H2,1-2H3/t6-,7?;7-;6-/m000/s1. The quantitative estimate of drug-likeness (QED) is 0.644. The number of hydrogen-bond donors (Lipinski definition) is 0. The largest absolute Gasteiger partial charge is 0.380 e. The third-order valence-electron chi connectivity index (χ3n) is 5.83. The Hall–Kier alpha value is -0.240. The Morgan fingerprint density at radius 2 is 1.08 bits per heavy atom. The third-order valence-corrected chi connectivity index (χ3v) is 5.83. The number of ether oxygens (including phenoxy) is 3. The summed E-state index contributed by atoms with van der Waals surface area (Å²) in [5.74, 6) is 0. The van der Waals surface area contributed by atoms with Gasteiger partial charge in [-0.1, -0.05) is 0 Å². The summed E-state index contributed by atoms with van der Waals surface area (Å²) in [7, 11) is 6.43. The zero-order valence-electron chi connectivity index (χ0n) is 18.2. The minimum atomic E-state index is 0.591. The van der Waals surface area contributed by atoms with Crippen molar-refractivity contribution in [2.45, 2.75) is 58.3 Å². The lowest BCUT2D eigenvalue weighted by Crippen LogP contribution is -2.46. The number of hydrogen-bond acceptors (Lipinski definition) is 6. The second-order valence-electron chi connectivity index (χ2n) is 8.04. The van der Waals surface area contributed by atoms with Gasteiger partial charge in [0.25, 0.3) is 0 Å². The summed E-state index contributed by atoms with van der Waals surface area (Å²) in [5.41, 5.74) is 0. The topological polar surface area (TPSA) is 37.4 Å². The first-order valence-corrected chi connectivity index (χ1v) is 10.2. The lowest BCUT2D eigenvalue weighted by Gasteiger charge is -2.35. The average Bonchev–Trinajstić information content (AvgIpc) is 2.81. The maximum absolute atomic E-state index is 5.32. The van der Waals surface area contributed by atoms with Gasteiger partial charge in [-0.15, -0.1) is 0 Å². The van der Waals surface area contributed by atoms with Gasteiger partial charge in [-0.2, -0.15) is 0 Å². The van der Waals surface area contributed by atoms with Crippen molar-refractivity contribution in [1.82, 2.24) is 14.7 Å². The van der Waals surface area contributed by atoms with Gasteiger partial charge in [0.15, 0.2) is 0 Å². The van der Waals surface area contributed by atoms with Gasteiger partial charge >= 0.3 is 0 Å². The van der Waals surface area contributed by atoms with Crippen LogP contribution in [0.3, 0.4) is 0 Å².